The van der Waals surface area contributed by atoms with E-state index in [4.69, 9.17) is 0 Å². The minimum absolute atomic E-state index is 0.0361. The smallest absolute Gasteiger partial charge is 0.291 e. The second-order valence-electron chi connectivity index (χ2n) is 7.30. The van der Waals surface area contributed by atoms with E-state index in [0.717, 1.165) is 22.7 Å². The number of benzene rings is 2. The zero-order chi connectivity index (χ0) is 19.1. The molecular weight excluding hydrogens is 352 g/mol. The Balaban J connectivity index is 1.38. The first kappa shape index (κ1) is 16.7. The van der Waals surface area contributed by atoms with Gasteiger partial charge >= 0.3 is 0 Å². The van der Waals surface area contributed by atoms with Gasteiger partial charge in [-0.05, 0) is 18.1 Å². The summed E-state index contributed by atoms with van der Waals surface area (Å²) in [6.45, 7) is 1.36. The Bertz CT molecular complexity index is 1230. The van der Waals surface area contributed by atoms with E-state index in [-0.39, 0.29) is 18.0 Å². The van der Waals surface area contributed by atoms with Crippen molar-refractivity contribution < 1.29 is 4.79 Å². The molecule has 6 nitrogen and oxygen atoms in total. The molecule has 1 aliphatic rings. The molecule has 0 aliphatic carbocycles. The molecule has 6 heteroatoms. The van der Waals surface area contributed by atoms with Crippen molar-refractivity contribution in [3.05, 3.63) is 76.7 Å². The maximum Gasteiger partial charge on any atom is 0.291 e. The summed E-state index contributed by atoms with van der Waals surface area (Å²) in [4.78, 5) is 30.6. The molecule has 28 heavy (non-hydrogen) atoms. The number of fused-ring (bicyclic) bond motifs is 3. The van der Waals surface area contributed by atoms with E-state index in [1.165, 1.54) is 10.2 Å². The van der Waals surface area contributed by atoms with Gasteiger partial charge in [0, 0.05) is 35.3 Å². The lowest BCUT2D eigenvalue weighted by atomic mass is 9.99. The molecule has 5 rings (SSSR count). The van der Waals surface area contributed by atoms with Crippen LogP contribution in [0.25, 0.3) is 21.8 Å². The van der Waals surface area contributed by atoms with Crippen LogP contribution in [-0.2, 0) is 11.3 Å². The first-order chi connectivity index (χ1) is 13.7. The quantitative estimate of drug-likeness (QED) is 0.601. The van der Waals surface area contributed by atoms with Gasteiger partial charge in [0.25, 0.3) is 5.56 Å². The van der Waals surface area contributed by atoms with E-state index >= 15 is 0 Å². The van der Waals surface area contributed by atoms with Gasteiger partial charge in [-0.3, -0.25) is 9.59 Å². The Morgan fingerprint density at radius 2 is 1.86 bits per heavy atom. The molecule has 1 fully saturated rings. The van der Waals surface area contributed by atoms with Gasteiger partial charge < -0.3 is 9.88 Å². The lowest BCUT2D eigenvalue weighted by Gasteiger charge is -2.17. The van der Waals surface area contributed by atoms with Crippen LogP contribution >= 0.6 is 0 Å². The van der Waals surface area contributed by atoms with Crippen molar-refractivity contribution in [1.82, 2.24) is 19.7 Å². The van der Waals surface area contributed by atoms with Crippen LogP contribution in [0.3, 0.4) is 0 Å². The highest BCUT2D eigenvalue weighted by molar-refractivity contribution is 6.06. The molecule has 140 valence electrons. The Kier molecular flexibility index (Phi) is 3.97. The Labute approximate surface area is 161 Å². The average Bonchev–Trinajstić information content (AvgIpc) is 3.36. The monoisotopic (exact) mass is 372 g/mol. The van der Waals surface area contributed by atoms with Crippen molar-refractivity contribution in [3.8, 4) is 0 Å². The lowest BCUT2D eigenvalue weighted by molar-refractivity contribution is -0.131. The molecule has 1 aliphatic heterocycles. The molecule has 1 amide bonds. The van der Waals surface area contributed by atoms with Crippen molar-refractivity contribution in [1.29, 1.82) is 0 Å². The third kappa shape index (κ3) is 2.78. The van der Waals surface area contributed by atoms with Gasteiger partial charge in [-0.15, -0.1) is 0 Å². The van der Waals surface area contributed by atoms with Crippen molar-refractivity contribution >= 4 is 27.7 Å². The number of carbonyl (C=O) groups excluding carboxylic acids is 1. The number of nitrogens with zero attached hydrogens (tertiary/aromatic N) is 3. The summed E-state index contributed by atoms with van der Waals surface area (Å²) in [6.07, 6.45) is 2.61. The number of likely N-dealkylation sites (tertiary alicyclic amines) is 1. The minimum atomic E-state index is -0.263. The van der Waals surface area contributed by atoms with Crippen LogP contribution < -0.4 is 5.56 Å². The number of hydrogen-bond donors (Lipinski definition) is 1. The second kappa shape index (κ2) is 6.64. The Morgan fingerprint density at radius 3 is 2.71 bits per heavy atom. The first-order valence-electron chi connectivity index (χ1n) is 9.50. The fourth-order valence-corrected chi connectivity index (χ4v) is 4.10. The molecule has 0 radical (unpaired) electrons. The van der Waals surface area contributed by atoms with Crippen LogP contribution in [0.5, 0.6) is 0 Å². The molecule has 1 saturated heterocycles. The van der Waals surface area contributed by atoms with Gasteiger partial charge in [0.15, 0.2) is 0 Å². The number of aromatic amines is 1. The largest absolute Gasteiger partial charge is 0.350 e. The fraction of sp³-hybridized carbons (Fsp3) is 0.227. The van der Waals surface area contributed by atoms with E-state index in [1.807, 2.05) is 47.4 Å². The molecule has 3 heterocycles. The zero-order valence-electron chi connectivity index (χ0n) is 15.3. The molecule has 0 bridgehead atoms. The van der Waals surface area contributed by atoms with Crippen molar-refractivity contribution in [2.45, 2.75) is 18.9 Å². The standard InChI is InChI=1S/C22H20N4O2/c27-20(25-11-10-16(13-25)15-6-2-1-3-7-15)14-26-22(28)21-18(12-23-26)17-8-4-5-9-19(17)24-21/h1-9,12,16,24H,10-11,13-14H2/t16-/m1/s1. The molecule has 1 N–H and O–H groups in total. The number of amides is 1. The van der Waals surface area contributed by atoms with Crippen LogP contribution in [0.2, 0.25) is 0 Å². The number of hydrogen-bond acceptors (Lipinski definition) is 3. The zero-order valence-corrected chi connectivity index (χ0v) is 15.3. The van der Waals surface area contributed by atoms with E-state index in [2.05, 4.69) is 22.2 Å². The van der Waals surface area contributed by atoms with Crippen LogP contribution in [0.15, 0.2) is 65.6 Å². The van der Waals surface area contributed by atoms with Gasteiger partial charge in [0.1, 0.15) is 12.1 Å². The summed E-state index contributed by atoms with van der Waals surface area (Å²) in [5.74, 6) is 0.287. The minimum Gasteiger partial charge on any atom is -0.350 e. The molecule has 4 aromatic rings. The van der Waals surface area contributed by atoms with E-state index < -0.39 is 0 Å². The molecule has 1 atom stereocenters. The van der Waals surface area contributed by atoms with Crippen molar-refractivity contribution in [3.63, 3.8) is 0 Å². The molecule has 0 spiro atoms. The number of H-pyrrole nitrogens is 1. The summed E-state index contributed by atoms with van der Waals surface area (Å²) in [7, 11) is 0. The molecular formula is C22H20N4O2. The number of aromatic nitrogens is 3. The second-order valence-corrected chi connectivity index (χ2v) is 7.30. The van der Waals surface area contributed by atoms with Gasteiger partial charge in [-0.2, -0.15) is 5.10 Å². The van der Waals surface area contributed by atoms with Crippen LogP contribution in [0.1, 0.15) is 17.9 Å². The molecule has 0 unspecified atom stereocenters. The molecule has 0 saturated carbocycles. The average molecular weight is 372 g/mol. The highest BCUT2D eigenvalue weighted by Gasteiger charge is 2.27. The summed E-state index contributed by atoms with van der Waals surface area (Å²) < 4.78 is 1.26. The third-order valence-corrected chi connectivity index (χ3v) is 5.62. The summed E-state index contributed by atoms with van der Waals surface area (Å²) in [5, 5.41) is 6.00. The predicted molar refractivity (Wildman–Crippen MR) is 108 cm³/mol. The van der Waals surface area contributed by atoms with Crippen molar-refractivity contribution in [2.75, 3.05) is 13.1 Å². The lowest BCUT2D eigenvalue weighted by Crippen LogP contribution is -2.36. The number of rotatable bonds is 3. The van der Waals surface area contributed by atoms with E-state index in [9.17, 15) is 9.59 Å². The predicted octanol–water partition coefficient (Wildman–Crippen LogP) is 2.89. The van der Waals surface area contributed by atoms with Gasteiger partial charge in [-0.25, -0.2) is 4.68 Å². The van der Waals surface area contributed by atoms with E-state index in [0.29, 0.717) is 24.5 Å². The van der Waals surface area contributed by atoms with Crippen LogP contribution in [-0.4, -0.2) is 38.7 Å². The summed E-state index contributed by atoms with van der Waals surface area (Å²) in [5.41, 5.74) is 2.38. The fourth-order valence-electron chi connectivity index (χ4n) is 4.10. The number of carbonyl (C=O) groups is 1. The maximum absolute atomic E-state index is 12.8. The highest BCUT2D eigenvalue weighted by atomic mass is 16.2. The van der Waals surface area contributed by atoms with Crippen LogP contribution in [0, 0.1) is 0 Å². The highest BCUT2D eigenvalue weighted by Crippen LogP contribution is 2.27. The van der Waals surface area contributed by atoms with Crippen LogP contribution in [0.4, 0.5) is 0 Å². The van der Waals surface area contributed by atoms with Crippen molar-refractivity contribution in [2.24, 2.45) is 0 Å². The third-order valence-electron chi connectivity index (χ3n) is 5.62. The normalized spacial score (nSPS) is 16.9. The Morgan fingerprint density at radius 1 is 1.07 bits per heavy atom. The molecule has 2 aromatic heterocycles. The van der Waals surface area contributed by atoms with E-state index in [1.54, 1.807) is 6.20 Å². The first-order valence-corrected chi connectivity index (χ1v) is 9.50. The van der Waals surface area contributed by atoms with Gasteiger partial charge in [0.2, 0.25) is 5.91 Å². The summed E-state index contributed by atoms with van der Waals surface area (Å²) >= 11 is 0. The van der Waals surface area contributed by atoms with Gasteiger partial charge in [-0.1, -0.05) is 48.5 Å². The summed E-state index contributed by atoms with van der Waals surface area (Å²) in [6, 6.07) is 18.0. The van der Waals surface area contributed by atoms with Gasteiger partial charge in [0.05, 0.1) is 6.20 Å². The topological polar surface area (TPSA) is 71.0 Å². The Hall–Kier alpha value is -3.41. The number of para-hydroxylation sites is 1. The maximum atomic E-state index is 12.8. The SMILES string of the molecule is O=C(Cn1ncc2c([nH]c3ccccc32)c1=O)N1CC[C@@H](c2ccccc2)C1. The number of nitrogens with one attached hydrogen (secondary N) is 1. The molecule has 2 aromatic carbocycles.